The number of alkyl halides is 1. The first-order valence-electron chi connectivity index (χ1n) is 3.35. The van der Waals surface area contributed by atoms with E-state index in [1.807, 2.05) is 0 Å². The highest BCUT2D eigenvalue weighted by molar-refractivity contribution is 6.32. The lowest BCUT2D eigenvalue weighted by Gasteiger charge is -2.03. The molecule has 13 heavy (non-hydrogen) atoms. The molecule has 0 radical (unpaired) electrons. The van der Waals surface area contributed by atoms with Crippen LogP contribution in [0.4, 0.5) is 4.39 Å². The molecule has 0 saturated carbocycles. The molecule has 0 fully saturated rings. The van der Waals surface area contributed by atoms with E-state index in [0.29, 0.717) is 0 Å². The lowest BCUT2D eigenvalue weighted by Crippen LogP contribution is -2.09. The fraction of sp³-hybridized carbons (Fsp3) is 0.125. The summed E-state index contributed by atoms with van der Waals surface area (Å²) in [5.41, 5.74) is 0. The van der Waals surface area contributed by atoms with Gasteiger partial charge in [-0.05, 0) is 18.2 Å². The Labute approximate surface area is 84.2 Å². The fourth-order valence-corrected chi connectivity index (χ4v) is 0.968. The van der Waals surface area contributed by atoms with E-state index in [4.69, 9.17) is 23.2 Å². The SMILES string of the molecule is O=C(CCl)Oc1ccc(F)cc1Cl. The second-order valence-electron chi connectivity index (χ2n) is 2.18. The molecule has 0 aromatic heterocycles. The zero-order chi connectivity index (χ0) is 9.84. The number of ether oxygens (including phenoxy) is 1. The van der Waals surface area contributed by atoms with Crippen molar-refractivity contribution in [1.29, 1.82) is 0 Å². The second-order valence-corrected chi connectivity index (χ2v) is 2.86. The van der Waals surface area contributed by atoms with Gasteiger partial charge in [0.05, 0.1) is 5.02 Å². The highest BCUT2D eigenvalue weighted by atomic mass is 35.5. The highest BCUT2D eigenvalue weighted by Crippen LogP contribution is 2.24. The van der Waals surface area contributed by atoms with Crippen molar-refractivity contribution in [2.45, 2.75) is 0 Å². The average molecular weight is 223 g/mol. The molecule has 0 aliphatic heterocycles. The Hall–Kier alpha value is -0.800. The van der Waals surface area contributed by atoms with E-state index in [0.717, 1.165) is 12.1 Å². The van der Waals surface area contributed by atoms with Crippen molar-refractivity contribution < 1.29 is 13.9 Å². The summed E-state index contributed by atoms with van der Waals surface area (Å²) < 4.78 is 17.2. The summed E-state index contributed by atoms with van der Waals surface area (Å²) in [7, 11) is 0. The molecule has 0 aliphatic carbocycles. The van der Waals surface area contributed by atoms with Gasteiger partial charge in [0.25, 0.3) is 0 Å². The Balaban J connectivity index is 2.83. The van der Waals surface area contributed by atoms with Crippen molar-refractivity contribution in [3.8, 4) is 5.75 Å². The Morgan fingerprint density at radius 2 is 2.23 bits per heavy atom. The summed E-state index contributed by atoms with van der Waals surface area (Å²) in [5.74, 6) is -1.28. The van der Waals surface area contributed by atoms with Crippen LogP contribution < -0.4 is 4.74 Å². The first kappa shape index (κ1) is 10.3. The van der Waals surface area contributed by atoms with Crippen LogP contribution in [0.25, 0.3) is 0 Å². The quantitative estimate of drug-likeness (QED) is 0.437. The maximum absolute atomic E-state index is 12.5. The molecule has 0 spiro atoms. The summed E-state index contributed by atoms with van der Waals surface area (Å²) in [4.78, 5) is 10.7. The molecular weight excluding hydrogens is 218 g/mol. The molecule has 0 unspecified atom stereocenters. The summed E-state index contributed by atoms with van der Waals surface area (Å²) in [5, 5.41) is 0.0402. The molecule has 0 aliphatic rings. The van der Waals surface area contributed by atoms with Crippen LogP contribution in [-0.2, 0) is 4.79 Å². The Kier molecular flexibility index (Phi) is 3.51. The number of carbonyl (C=O) groups excluding carboxylic acids is 1. The van der Waals surface area contributed by atoms with Crippen LogP contribution in [0.2, 0.25) is 5.02 Å². The van der Waals surface area contributed by atoms with Crippen molar-refractivity contribution >= 4 is 29.2 Å². The molecule has 0 bridgehead atoms. The van der Waals surface area contributed by atoms with Crippen LogP contribution in [0.3, 0.4) is 0 Å². The fourth-order valence-electron chi connectivity index (χ4n) is 0.708. The smallest absolute Gasteiger partial charge is 0.326 e. The van der Waals surface area contributed by atoms with Crippen LogP contribution in [-0.4, -0.2) is 11.8 Å². The molecule has 0 atom stereocenters. The van der Waals surface area contributed by atoms with Gasteiger partial charge in [-0.1, -0.05) is 11.6 Å². The van der Waals surface area contributed by atoms with Crippen LogP contribution in [0.15, 0.2) is 18.2 Å². The van der Waals surface area contributed by atoms with Gasteiger partial charge in [-0.25, -0.2) is 4.39 Å². The monoisotopic (exact) mass is 222 g/mol. The second kappa shape index (κ2) is 4.44. The predicted molar refractivity (Wildman–Crippen MR) is 47.8 cm³/mol. The topological polar surface area (TPSA) is 26.3 Å². The third kappa shape index (κ3) is 2.86. The third-order valence-corrected chi connectivity index (χ3v) is 1.74. The molecule has 0 amide bonds. The van der Waals surface area contributed by atoms with Crippen molar-refractivity contribution in [3.63, 3.8) is 0 Å². The van der Waals surface area contributed by atoms with Crippen LogP contribution >= 0.6 is 23.2 Å². The van der Waals surface area contributed by atoms with E-state index in [9.17, 15) is 9.18 Å². The van der Waals surface area contributed by atoms with E-state index < -0.39 is 11.8 Å². The minimum Gasteiger partial charge on any atom is -0.424 e. The summed E-state index contributed by atoms with van der Waals surface area (Å²) in [6.45, 7) is 0. The van der Waals surface area contributed by atoms with Crippen LogP contribution in [0.1, 0.15) is 0 Å². The molecule has 70 valence electrons. The summed E-state index contributed by atoms with van der Waals surface area (Å²) >= 11 is 10.8. The number of esters is 1. The number of benzene rings is 1. The molecule has 0 heterocycles. The molecule has 0 N–H and O–H groups in total. The van der Waals surface area contributed by atoms with E-state index >= 15 is 0 Å². The first-order valence-corrected chi connectivity index (χ1v) is 4.26. The molecule has 1 aromatic rings. The molecular formula is C8H5Cl2FO2. The normalized spacial score (nSPS) is 9.77. The minimum absolute atomic E-state index is 0.0402. The first-order chi connectivity index (χ1) is 6.13. The van der Waals surface area contributed by atoms with Gasteiger partial charge in [-0.2, -0.15) is 0 Å². The van der Waals surface area contributed by atoms with E-state index in [2.05, 4.69) is 4.74 Å². The number of hydrogen-bond donors (Lipinski definition) is 0. The van der Waals surface area contributed by atoms with Gasteiger partial charge in [-0.3, -0.25) is 4.79 Å². The van der Waals surface area contributed by atoms with Gasteiger partial charge in [-0.15, -0.1) is 11.6 Å². The van der Waals surface area contributed by atoms with Gasteiger partial charge in [0.1, 0.15) is 17.4 Å². The van der Waals surface area contributed by atoms with Gasteiger partial charge in [0.2, 0.25) is 0 Å². The lowest BCUT2D eigenvalue weighted by molar-refractivity contribution is -0.131. The van der Waals surface area contributed by atoms with Crippen molar-refractivity contribution in [2.24, 2.45) is 0 Å². The predicted octanol–water partition coefficient (Wildman–Crippen LogP) is 2.62. The average Bonchev–Trinajstić information content (AvgIpc) is 2.09. The van der Waals surface area contributed by atoms with Crippen molar-refractivity contribution in [3.05, 3.63) is 29.0 Å². The summed E-state index contributed by atoms with van der Waals surface area (Å²) in [6, 6.07) is 3.46. The zero-order valence-electron chi connectivity index (χ0n) is 6.39. The maximum Gasteiger partial charge on any atom is 0.326 e. The molecule has 5 heteroatoms. The third-order valence-electron chi connectivity index (χ3n) is 1.23. The van der Waals surface area contributed by atoms with Gasteiger partial charge in [0.15, 0.2) is 0 Å². The Bertz CT molecular complexity index is 328. The van der Waals surface area contributed by atoms with Crippen molar-refractivity contribution in [2.75, 3.05) is 5.88 Å². The van der Waals surface area contributed by atoms with E-state index in [1.54, 1.807) is 0 Å². The van der Waals surface area contributed by atoms with E-state index in [1.165, 1.54) is 6.07 Å². The van der Waals surface area contributed by atoms with Gasteiger partial charge < -0.3 is 4.74 Å². The molecule has 1 aromatic carbocycles. The van der Waals surface area contributed by atoms with Crippen LogP contribution in [0, 0.1) is 5.82 Å². The minimum atomic E-state index is -0.629. The number of carbonyl (C=O) groups is 1. The van der Waals surface area contributed by atoms with Crippen molar-refractivity contribution in [1.82, 2.24) is 0 Å². The number of halogens is 3. The summed E-state index contributed by atoms with van der Waals surface area (Å²) in [6.07, 6.45) is 0. The largest absolute Gasteiger partial charge is 0.424 e. The Morgan fingerprint density at radius 3 is 2.77 bits per heavy atom. The van der Waals surface area contributed by atoms with E-state index in [-0.39, 0.29) is 16.7 Å². The number of hydrogen-bond acceptors (Lipinski definition) is 2. The Morgan fingerprint density at radius 1 is 1.54 bits per heavy atom. The molecule has 2 nitrogen and oxygen atoms in total. The van der Waals surface area contributed by atoms with Gasteiger partial charge >= 0.3 is 5.97 Å². The number of rotatable bonds is 2. The lowest BCUT2D eigenvalue weighted by atomic mass is 10.3. The molecule has 0 saturated heterocycles. The maximum atomic E-state index is 12.5. The van der Waals surface area contributed by atoms with Crippen LogP contribution in [0.5, 0.6) is 5.75 Å². The zero-order valence-corrected chi connectivity index (χ0v) is 7.90. The van der Waals surface area contributed by atoms with Gasteiger partial charge in [0, 0.05) is 0 Å². The highest BCUT2D eigenvalue weighted by Gasteiger charge is 2.07. The molecule has 1 rings (SSSR count). The standard InChI is InChI=1S/C8H5Cl2FO2/c9-4-8(12)13-7-2-1-5(11)3-6(7)10/h1-3H,4H2.